The molecule has 6 nitrogen and oxygen atoms in total. The highest BCUT2D eigenvalue weighted by Crippen LogP contribution is 2.30. The van der Waals surface area contributed by atoms with Gasteiger partial charge < -0.3 is 10.1 Å². The van der Waals surface area contributed by atoms with E-state index in [9.17, 15) is 9.18 Å². The molecule has 0 radical (unpaired) electrons. The lowest BCUT2D eigenvalue weighted by molar-refractivity contribution is 0.102. The second-order valence-electron chi connectivity index (χ2n) is 7.44. The molecule has 0 saturated carbocycles. The van der Waals surface area contributed by atoms with Gasteiger partial charge in [-0.1, -0.05) is 35.3 Å². The number of amides is 1. The van der Waals surface area contributed by atoms with Gasteiger partial charge in [0, 0.05) is 16.8 Å². The highest BCUT2D eigenvalue weighted by molar-refractivity contribution is 6.42. The Morgan fingerprint density at radius 1 is 1.03 bits per heavy atom. The molecule has 4 rings (SSSR count). The zero-order chi connectivity index (χ0) is 23.5. The van der Waals surface area contributed by atoms with Crippen molar-refractivity contribution < 1.29 is 13.9 Å². The molecule has 0 aliphatic rings. The van der Waals surface area contributed by atoms with Gasteiger partial charge in [-0.3, -0.25) is 4.79 Å². The molecule has 1 heterocycles. The highest BCUT2D eigenvalue weighted by atomic mass is 35.5. The van der Waals surface area contributed by atoms with E-state index in [1.807, 2.05) is 19.9 Å². The molecular weight excluding hydrogens is 466 g/mol. The minimum atomic E-state index is -0.483. The van der Waals surface area contributed by atoms with Crippen molar-refractivity contribution in [1.29, 1.82) is 0 Å². The molecule has 0 atom stereocenters. The van der Waals surface area contributed by atoms with Crippen molar-refractivity contribution in [2.75, 3.05) is 5.32 Å². The average Bonchev–Trinajstić information content (AvgIpc) is 3.19. The van der Waals surface area contributed by atoms with Crippen molar-refractivity contribution >= 4 is 34.8 Å². The largest absolute Gasteiger partial charge is 0.460 e. The first-order chi connectivity index (χ1) is 15.8. The fourth-order valence-corrected chi connectivity index (χ4v) is 3.40. The van der Waals surface area contributed by atoms with E-state index in [1.165, 1.54) is 24.3 Å². The van der Waals surface area contributed by atoms with Crippen LogP contribution in [0.4, 0.5) is 10.1 Å². The van der Waals surface area contributed by atoms with Crippen LogP contribution < -0.4 is 10.1 Å². The van der Waals surface area contributed by atoms with Crippen molar-refractivity contribution in [2.45, 2.75) is 20.0 Å². The molecule has 9 heteroatoms. The number of aromatic nitrogens is 3. The number of carbonyl (C=O) groups excluding carboxylic acids is 1. The fraction of sp³-hybridized carbons (Fsp3) is 0.125. The van der Waals surface area contributed by atoms with E-state index in [0.717, 1.165) is 0 Å². The van der Waals surface area contributed by atoms with Gasteiger partial charge in [-0.2, -0.15) is 4.98 Å². The maximum atomic E-state index is 13.5. The second-order valence-corrected chi connectivity index (χ2v) is 8.25. The first-order valence-corrected chi connectivity index (χ1v) is 10.8. The van der Waals surface area contributed by atoms with Crippen molar-refractivity contribution in [2.24, 2.45) is 0 Å². The van der Waals surface area contributed by atoms with Gasteiger partial charge in [-0.05, 0) is 68.4 Å². The molecule has 0 fully saturated rings. The molecule has 1 aromatic heterocycles. The molecule has 1 amide bonds. The summed E-state index contributed by atoms with van der Waals surface area (Å²) >= 11 is 12.3. The molecule has 0 bridgehead atoms. The van der Waals surface area contributed by atoms with Crippen molar-refractivity contribution in [3.05, 3.63) is 88.2 Å². The number of nitrogens with one attached hydrogen (secondary N) is 1. The Morgan fingerprint density at radius 3 is 2.55 bits per heavy atom. The molecule has 0 unspecified atom stereocenters. The van der Waals surface area contributed by atoms with Crippen LogP contribution in [0.25, 0.3) is 17.1 Å². The maximum Gasteiger partial charge on any atom is 0.336 e. The van der Waals surface area contributed by atoms with E-state index in [0.29, 0.717) is 32.8 Å². The number of rotatable bonds is 6. The topological polar surface area (TPSA) is 69.0 Å². The summed E-state index contributed by atoms with van der Waals surface area (Å²) in [5.41, 5.74) is 2.03. The quantitative estimate of drug-likeness (QED) is 0.342. The third kappa shape index (κ3) is 5.32. The van der Waals surface area contributed by atoms with Crippen LogP contribution in [0.1, 0.15) is 24.2 Å². The van der Waals surface area contributed by atoms with Gasteiger partial charge in [0.05, 0.1) is 21.8 Å². The molecule has 168 valence electrons. The number of benzene rings is 3. The molecule has 4 aromatic rings. The minimum absolute atomic E-state index is 0.126. The summed E-state index contributed by atoms with van der Waals surface area (Å²) in [6, 6.07) is 17.9. The number of ether oxygens (including phenoxy) is 1. The van der Waals surface area contributed by atoms with Crippen molar-refractivity contribution in [1.82, 2.24) is 14.8 Å². The predicted molar refractivity (Wildman–Crippen MR) is 127 cm³/mol. The Balaban J connectivity index is 1.71. The zero-order valence-corrected chi connectivity index (χ0v) is 19.2. The maximum absolute atomic E-state index is 13.5. The third-order valence-corrected chi connectivity index (χ3v) is 5.28. The second kappa shape index (κ2) is 9.60. The van der Waals surface area contributed by atoms with Gasteiger partial charge in [0.25, 0.3) is 5.91 Å². The van der Waals surface area contributed by atoms with Gasteiger partial charge in [-0.25, -0.2) is 9.07 Å². The standard InChI is InChI=1S/C24H19Cl2FN4O2/c1-14(2)33-24-29-22(15-9-10-20(25)21(26)12-15)31(30-24)19-8-4-7-18(13-19)28-23(32)16-5-3-6-17(27)11-16/h3-14H,1-2H3,(H,28,32). The number of anilines is 1. The third-order valence-electron chi connectivity index (χ3n) is 4.54. The number of carbonyl (C=O) groups is 1. The van der Waals surface area contributed by atoms with Crippen LogP contribution in [0.3, 0.4) is 0 Å². The molecule has 0 spiro atoms. The smallest absolute Gasteiger partial charge is 0.336 e. The first-order valence-electron chi connectivity index (χ1n) is 10.1. The van der Waals surface area contributed by atoms with Gasteiger partial charge in [-0.15, -0.1) is 5.10 Å². The van der Waals surface area contributed by atoms with Crippen LogP contribution in [0.15, 0.2) is 66.7 Å². The normalized spacial score (nSPS) is 11.0. The molecule has 1 N–H and O–H groups in total. The lowest BCUT2D eigenvalue weighted by atomic mass is 10.2. The monoisotopic (exact) mass is 484 g/mol. The number of hydrogen-bond donors (Lipinski definition) is 1. The molecule has 0 aliphatic carbocycles. The van der Waals surface area contributed by atoms with Gasteiger partial charge in [0.2, 0.25) is 0 Å². The minimum Gasteiger partial charge on any atom is -0.460 e. The van der Waals surface area contributed by atoms with E-state index >= 15 is 0 Å². The van der Waals surface area contributed by atoms with Gasteiger partial charge in [0.1, 0.15) is 5.82 Å². The van der Waals surface area contributed by atoms with Crippen LogP contribution in [-0.4, -0.2) is 26.8 Å². The SMILES string of the molecule is CC(C)Oc1nc(-c2ccc(Cl)c(Cl)c2)n(-c2cccc(NC(=O)c3cccc(F)c3)c2)n1. The average molecular weight is 485 g/mol. The summed E-state index contributed by atoms with van der Waals surface area (Å²) < 4.78 is 20.8. The Labute approximate surface area is 199 Å². The summed E-state index contributed by atoms with van der Waals surface area (Å²) in [6.45, 7) is 3.75. The Kier molecular flexibility index (Phi) is 6.62. The molecule has 33 heavy (non-hydrogen) atoms. The van der Waals surface area contributed by atoms with Crippen LogP contribution in [-0.2, 0) is 0 Å². The van der Waals surface area contributed by atoms with Crippen LogP contribution in [0.5, 0.6) is 6.01 Å². The molecule has 0 saturated heterocycles. The van der Waals surface area contributed by atoms with Gasteiger partial charge >= 0.3 is 6.01 Å². The summed E-state index contributed by atoms with van der Waals surface area (Å²) in [5, 5.41) is 8.06. The highest BCUT2D eigenvalue weighted by Gasteiger charge is 2.17. The van der Waals surface area contributed by atoms with Crippen molar-refractivity contribution in [3.8, 4) is 23.1 Å². The first kappa shape index (κ1) is 22.8. The van der Waals surface area contributed by atoms with E-state index in [4.69, 9.17) is 27.9 Å². The molecular formula is C24H19Cl2FN4O2. The van der Waals surface area contributed by atoms with E-state index in [1.54, 1.807) is 41.1 Å². The predicted octanol–water partition coefficient (Wildman–Crippen LogP) is 6.42. The Hall–Kier alpha value is -3.42. The van der Waals surface area contributed by atoms with Crippen LogP contribution in [0.2, 0.25) is 10.0 Å². The summed E-state index contributed by atoms with van der Waals surface area (Å²) in [5.74, 6) is -0.431. The van der Waals surface area contributed by atoms with Crippen LogP contribution >= 0.6 is 23.2 Å². The fourth-order valence-electron chi connectivity index (χ4n) is 3.10. The Morgan fingerprint density at radius 2 is 1.82 bits per heavy atom. The summed E-state index contributed by atoms with van der Waals surface area (Å²) in [6.07, 6.45) is -0.126. The Bertz CT molecular complexity index is 1320. The molecule has 0 aliphatic heterocycles. The van der Waals surface area contributed by atoms with E-state index in [-0.39, 0.29) is 17.7 Å². The van der Waals surface area contributed by atoms with E-state index < -0.39 is 11.7 Å². The lowest BCUT2D eigenvalue weighted by Gasteiger charge is -2.10. The zero-order valence-electron chi connectivity index (χ0n) is 17.7. The van der Waals surface area contributed by atoms with Gasteiger partial charge in [0.15, 0.2) is 5.82 Å². The molecule has 3 aromatic carbocycles. The van der Waals surface area contributed by atoms with Crippen molar-refractivity contribution in [3.63, 3.8) is 0 Å². The number of halogens is 3. The lowest BCUT2D eigenvalue weighted by Crippen LogP contribution is -2.12. The summed E-state index contributed by atoms with van der Waals surface area (Å²) in [4.78, 5) is 17.1. The number of hydrogen-bond acceptors (Lipinski definition) is 4. The summed E-state index contributed by atoms with van der Waals surface area (Å²) in [7, 11) is 0. The van der Waals surface area contributed by atoms with Crippen LogP contribution in [0, 0.1) is 5.82 Å². The number of nitrogens with zero attached hydrogens (tertiary/aromatic N) is 3. The van der Waals surface area contributed by atoms with E-state index in [2.05, 4.69) is 15.4 Å².